The Morgan fingerprint density at radius 1 is 0.571 bits per heavy atom. The summed E-state index contributed by atoms with van der Waals surface area (Å²) >= 11 is 0. The zero-order chi connectivity index (χ0) is 20.7. The second-order valence-electron chi connectivity index (χ2n) is 8.27. The van der Waals surface area contributed by atoms with Crippen molar-refractivity contribution in [3.8, 4) is 0 Å². The van der Waals surface area contributed by atoms with E-state index >= 15 is 0 Å². The predicted molar refractivity (Wildman–Crippen MR) is 121 cm³/mol. The van der Waals surface area contributed by atoms with Gasteiger partial charge in [-0.1, -0.05) is 109 Å². The first-order valence-electron chi connectivity index (χ1n) is 12.0. The minimum absolute atomic E-state index is 0.256. The Morgan fingerprint density at radius 2 is 0.857 bits per heavy atom. The maximum atomic E-state index is 11.2. The van der Waals surface area contributed by atoms with Crippen LogP contribution in [-0.4, -0.2) is 26.3 Å². The minimum atomic E-state index is -0.256. The number of unbranched alkanes of at least 4 members (excludes halogenated alkanes) is 17. The van der Waals surface area contributed by atoms with Crippen molar-refractivity contribution >= 4 is 5.97 Å². The number of hydrogen-bond acceptors (Lipinski definition) is 3. The van der Waals surface area contributed by atoms with Gasteiger partial charge in [0.2, 0.25) is 0 Å². The van der Waals surface area contributed by atoms with E-state index in [0.29, 0.717) is 12.2 Å². The molecule has 28 heavy (non-hydrogen) atoms. The van der Waals surface area contributed by atoms with E-state index in [0.717, 1.165) is 19.4 Å². The Morgan fingerprint density at radius 3 is 1.14 bits per heavy atom. The number of carbonyl (C=O) groups excluding carboxylic acids is 1. The van der Waals surface area contributed by atoms with Gasteiger partial charge in [0.15, 0.2) is 0 Å². The van der Waals surface area contributed by atoms with Gasteiger partial charge in [-0.2, -0.15) is 0 Å². The fraction of sp³-hybridized carbons (Fsp3) is 0.880. The summed E-state index contributed by atoms with van der Waals surface area (Å²) < 4.78 is 10.2. The quantitative estimate of drug-likeness (QED) is 0.106. The molecule has 0 amide bonds. The van der Waals surface area contributed by atoms with Crippen molar-refractivity contribution in [2.75, 3.05) is 20.3 Å². The SMILES string of the molecule is C=C(C)C(=O)OCCCCCCCCCCCCCCCCCCCCOC. The summed E-state index contributed by atoms with van der Waals surface area (Å²) in [5.41, 5.74) is 0.490. The summed E-state index contributed by atoms with van der Waals surface area (Å²) in [4.78, 5) is 11.2. The van der Waals surface area contributed by atoms with Crippen molar-refractivity contribution in [3.05, 3.63) is 12.2 Å². The first-order chi connectivity index (χ1) is 13.7. The predicted octanol–water partition coefficient (Wildman–Crippen LogP) is 7.77. The molecule has 0 fully saturated rings. The monoisotopic (exact) mass is 396 g/mol. The first-order valence-corrected chi connectivity index (χ1v) is 12.0. The molecular formula is C25H48O3. The molecular weight excluding hydrogens is 348 g/mol. The molecule has 0 bridgehead atoms. The third-order valence-electron chi connectivity index (χ3n) is 5.32. The van der Waals surface area contributed by atoms with Crippen molar-refractivity contribution in [1.29, 1.82) is 0 Å². The molecule has 3 nitrogen and oxygen atoms in total. The molecule has 0 saturated heterocycles. The standard InChI is InChI=1S/C25H48O3/c1-24(2)25(26)28-23-21-19-17-15-13-11-9-7-5-4-6-8-10-12-14-16-18-20-22-27-3/h1,4-23H2,2-3H3. The van der Waals surface area contributed by atoms with Crippen LogP contribution in [0.25, 0.3) is 0 Å². The second kappa shape index (κ2) is 22.5. The van der Waals surface area contributed by atoms with E-state index in [2.05, 4.69) is 6.58 Å². The van der Waals surface area contributed by atoms with Gasteiger partial charge in [0.25, 0.3) is 0 Å². The highest BCUT2D eigenvalue weighted by molar-refractivity contribution is 5.86. The lowest BCUT2D eigenvalue weighted by Crippen LogP contribution is -2.05. The highest BCUT2D eigenvalue weighted by Crippen LogP contribution is 2.14. The smallest absolute Gasteiger partial charge is 0.333 e. The lowest BCUT2D eigenvalue weighted by atomic mass is 10.0. The molecule has 0 aliphatic carbocycles. The Bertz CT molecular complexity index is 352. The fourth-order valence-corrected chi connectivity index (χ4v) is 3.46. The van der Waals surface area contributed by atoms with Crippen LogP contribution in [0.15, 0.2) is 12.2 Å². The third kappa shape index (κ3) is 21.5. The van der Waals surface area contributed by atoms with Gasteiger partial charge < -0.3 is 9.47 Å². The van der Waals surface area contributed by atoms with E-state index in [4.69, 9.17) is 9.47 Å². The number of rotatable bonds is 22. The van der Waals surface area contributed by atoms with E-state index < -0.39 is 0 Å². The van der Waals surface area contributed by atoms with Crippen LogP contribution in [0.4, 0.5) is 0 Å². The van der Waals surface area contributed by atoms with E-state index in [-0.39, 0.29) is 5.97 Å². The van der Waals surface area contributed by atoms with Gasteiger partial charge in [-0.05, 0) is 19.8 Å². The average molecular weight is 397 g/mol. The number of carbonyl (C=O) groups is 1. The maximum absolute atomic E-state index is 11.2. The molecule has 0 aliphatic rings. The normalized spacial score (nSPS) is 10.9. The molecule has 0 aromatic carbocycles. The first kappa shape index (κ1) is 27.2. The molecule has 0 heterocycles. The summed E-state index contributed by atoms with van der Waals surface area (Å²) in [6, 6.07) is 0. The van der Waals surface area contributed by atoms with E-state index in [9.17, 15) is 4.79 Å². The van der Waals surface area contributed by atoms with Gasteiger partial charge >= 0.3 is 5.97 Å². The van der Waals surface area contributed by atoms with E-state index in [1.54, 1.807) is 14.0 Å². The van der Waals surface area contributed by atoms with Crippen LogP contribution in [0, 0.1) is 0 Å². The molecule has 3 heteroatoms. The average Bonchev–Trinajstić information content (AvgIpc) is 2.68. The molecule has 0 aromatic heterocycles. The molecule has 166 valence electrons. The van der Waals surface area contributed by atoms with Crippen LogP contribution in [0.3, 0.4) is 0 Å². The number of methoxy groups -OCH3 is 1. The molecule has 0 atom stereocenters. The molecule has 0 aromatic rings. The van der Waals surface area contributed by atoms with Crippen molar-refractivity contribution < 1.29 is 14.3 Å². The fourth-order valence-electron chi connectivity index (χ4n) is 3.46. The van der Waals surface area contributed by atoms with Gasteiger partial charge in [-0.15, -0.1) is 0 Å². The summed E-state index contributed by atoms with van der Waals surface area (Å²) in [6.07, 6.45) is 24.2. The molecule has 0 saturated carbocycles. The Balaban J connectivity index is 3.05. The number of ether oxygens (including phenoxy) is 2. The van der Waals surface area contributed by atoms with Crippen LogP contribution in [-0.2, 0) is 14.3 Å². The lowest BCUT2D eigenvalue weighted by Gasteiger charge is -2.05. The second-order valence-corrected chi connectivity index (χ2v) is 8.27. The lowest BCUT2D eigenvalue weighted by molar-refractivity contribution is -0.139. The highest BCUT2D eigenvalue weighted by atomic mass is 16.5. The van der Waals surface area contributed by atoms with Crippen molar-refractivity contribution in [2.24, 2.45) is 0 Å². The van der Waals surface area contributed by atoms with Crippen molar-refractivity contribution in [1.82, 2.24) is 0 Å². The van der Waals surface area contributed by atoms with Crippen molar-refractivity contribution in [2.45, 2.75) is 122 Å². The zero-order valence-electron chi connectivity index (χ0n) is 19.1. The van der Waals surface area contributed by atoms with Gasteiger partial charge in [0, 0.05) is 19.3 Å². The number of hydrogen-bond donors (Lipinski definition) is 0. The molecule has 0 radical (unpaired) electrons. The topological polar surface area (TPSA) is 35.5 Å². The van der Waals surface area contributed by atoms with Crippen LogP contribution in [0.5, 0.6) is 0 Å². The minimum Gasteiger partial charge on any atom is -0.462 e. The summed E-state index contributed by atoms with van der Waals surface area (Å²) in [7, 11) is 1.79. The van der Waals surface area contributed by atoms with Gasteiger partial charge in [-0.3, -0.25) is 0 Å². The van der Waals surface area contributed by atoms with Crippen LogP contribution >= 0.6 is 0 Å². The summed E-state index contributed by atoms with van der Waals surface area (Å²) in [5, 5.41) is 0. The number of esters is 1. The van der Waals surface area contributed by atoms with Crippen LogP contribution in [0.1, 0.15) is 122 Å². The molecule has 0 unspecified atom stereocenters. The highest BCUT2D eigenvalue weighted by Gasteiger charge is 2.01. The largest absolute Gasteiger partial charge is 0.462 e. The van der Waals surface area contributed by atoms with Gasteiger partial charge in [0.1, 0.15) is 0 Å². The zero-order valence-corrected chi connectivity index (χ0v) is 19.1. The Kier molecular flexibility index (Phi) is 21.8. The molecule has 0 rings (SSSR count). The van der Waals surface area contributed by atoms with Crippen LogP contribution < -0.4 is 0 Å². The van der Waals surface area contributed by atoms with Crippen molar-refractivity contribution in [3.63, 3.8) is 0 Å². The molecule has 0 aliphatic heterocycles. The van der Waals surface area contributed by atoms with Gasteiger partial charge in [0.05, 0.1) is 6.61 Å². The van der Waals surface area contributed by atoms with E-state index in [1.165, 1.54) is 103 Å². The Hall–Kier alpha value is -0.830. The molecule has 0 spiro atoms. The Labute approximate surface area is 175 Å². The third-order valence-corrected chi connectivity index (χ3v) is 5.32. The molecule has 0 N–H and O–H groups in total. The van der Waals surface area contributed by atoms with Gasteiger partial charge in [-0.25, -0.2) is 4.79 Å². The van der Waals surface area contributed by atoms with Crippen LogP contribution in [0.2, 0.25) is 0 Å². The van der Waals surface area contributed by atoms with E-state index in [1.807, 2.05) is 0 Å². The maximum Gasteiger partial charge on any atom is 0.333 e. The summed E-state index contributed by atoms with van der Waals surface area (Å²) in [6.45, 7) is 6.74. The summed E-state index contributed by atoms with van der Waals surface area (Å²) in [5.74, 6) is -0.256.